The molecule has 0 aliphatic carbocycles. The highest BCUT2D eigenvalue weighted by atomic mass is 79.9. The van der Waals surface area contributed by atoms with E-state index in [-0.39, 0.29) is 11.7 Å². The SMILES string of the molecule is Nc1onc(-c2c(F)cccc2Br)c1-c1cccs1. The van der Waals surface area contributed by atoms with Crippen molar-refractivity contribution >= 4 is 33.2 Å². The van der Waals surface area contributed by atoms with Gasteiger partial charge < -0.3 is 10.3 Å². The number of halogens is 2. The van der Waals surface area contributed by atoms with Gasteiger partial charge in [0.2, 0.25) is 5.88 Å². The average molecular weight is 339 g/mol. The number of anilines is 1. The molecule has 1 aromatic carbocycles. The van der Waals surface area contributed by atoms with E-state index in [9.17, 15) is 4.39 Å². The molecule has 2 N–H and O–H groups in total. The van der Waals surface area contributed by atoms with Gasteiger partial charge in [-0.2, -0.15) is 0 Å². The van der Waals surface area contributed by atoms with Crippen LogP contribution in [0.1, 0.15) is 0 Å². The maximum atomic E-state index is 14.0. The van der Waals surface area contributed by atoms with Crippen LogP contribution in [0.15, 0.2) is 44.7 Å². The lowest BCUT2D eigenvalue weighted by Gasteiger charge is -2.04. The Balaban J connectivity index is 2.28. The van der Waals surface area contributed by atoms with E-state index in [4.69, 9.17) is 10.3 Å². The van der Waals surface area contributed by atoms with Crippen LogP contribution < -0.4 is 5.73 Å². The second-order valence-corrected chi connectivity index (χ2v) is 5.65. The molecule has 2 aromatic heterocycles. The van der Waals surface area contributed by atoms with Crippen molar-refractivity contribution in [1.29, 1.82) is 0 Å². The van der Waals surface area contributed by atoms with Crippen molar-refractivity contribution in [2.24, 2.45) is 0 Å². The Hall–Kier alpha value is -1.66. The first-order valence-electron chi connectivity index (χ1n) is 5.42. The van der Waals surface area contributed by atoms with Crippen LogP contribution in [0.3, 0.4) is 0 Å². The van der Waals surface area contributed by atoms with Crippen molar-refractivity contribution < 1.29 is 8.91 Å². The number of nitrogens with two attached hydrogens (primary N) is 1. The van der Waals surface area contributed by atoms with Gasteiger partial charge in [0.1, 0.15) is 11.5 Å². The Morgan fingerprint density at radius 2 is 2.05 bits per heavy atom. The number of rotatable bonds is 2. The van der Waals surface area contributed by atoms with E-state index in [1.54, 1.807) is 12.1 Å². The van der Waals surface area contributed by atoms with Crippen LogP contribution in [-0.2, 0) is 0 Å². The van der Waals surface area contributed by atoms with E-state index in [0.29, 0.717) is 21.3 Å². The van der Waals surface area contributed by atoms with Gasteiger partial charge in [0, 0.05) is 9.35 Å². The number of nitrogens with zero attached hydrogens (tertiary/aromatic N) is 1. The number of hydrogen-bond acceptors (Lipinski definition) is 4. The molecule has 19 heavy (non-hydrogen) atoms. The van der Waals surface area contributed by atoms with E-state index in [1.807, 2.05) is 17.5 Å². The fraction of sp³-hybridized carbons (Fsp3) is 0. The molecule has 0 amide bonds. The van der Waals surface area contributed by atoms with Crippen molar-refractivity contribution in [3.8, 4) is 21.7 Å². The molecule has 0 fully saturated rings. The maximum Gasteiger partial charge on any atom is 0.231 e. The van der Waals surface area contributed by atoms with Crippen LogP contribution in [0.4, 0.5) is 10.3 Å². The minimum Gasteiger partial charge on any atom is -0.367 e. The van der Waals surface area contributed by atoms with Gasteiger partial charge in [-0.25, -0.2) is 4.39 Å². The summed E-state index contributed by atoms with van der Waals surface area (Å²) in [5.41, 5.74) is 7.20. The zero-order chi connectivity index (χ0) is 13.4. The van der Waals surface area contributed by atoms with Gasteiger partial charge in [0.15, 0.2) is 0 Å². The van der Waals surface area contributed by atoms with E-state index < -0.39 is 0 Å². The Morgan fingerprint density at radius 1 is 1.21 bits per heavy atom. The molecule has 0 saturated heterocycles. The Morgan fingerprint density at radius 3 is 2.74 bits per heavy atom. The third kappa shape index (κ3) is 2.06. The maximum absolute atomic E-state index is 14.0. The molecule has 6 heteroatoms. The highest BCUT2D eigenvalue weighted by Crippen LogP contribution is 2.41. The monoisotopic (exact) mass is 338 g/mol. The van der Waals surface area contributed by atoms with Crippen LogP contribution >= 0.6 is 27.3 Å². The Kier molecular flexibility index (Phi) is 3.12. The van der Waals surface area contributed by atoms with Gasteiger partial charge in [-0.05, 0) is 39.5 Å². The molecular formula is C13H8BrFN2OS. The zero-order valence-electron chi connectivity index (χ0n) is 9.56. The number of aromatic nitrogens is 1. The van der Waals surface area contributed by atoms with Crippen molar-refractivity contribution in [3.63, 3.8) is 0 Å². The van der Waals surface area contributed by atoms with E-state index in [0.717, 1.165) is 4.88 Å². The zero-order valence-corrected chi connectivity index (χ0v) is 12.0. The van der Waals surface area contributed by atoms with Gasteiger partial charge >= 0.3 is 0 Å². The summed E-state index contributed by atoms with van der Waals surface area (Å²) in [7, 11) is 0. The number of nitrogen functional groups attached to an aromatic ring is 1. The summed E-state index contributed by atoms with van der Waals surface area (Å²) in [6, 6.07) is 8.54. The number of thiophene rings is 1. The third-order valence-electron chi connectivity index (χ3n) is 2.69. The van der Waals surface area contributed by atoms with Crippen LogP contribution in [0.5, 0.6) is 0 Å². The van der Waals surface area contributed by atoms with E-state index in [1.165, 1.54) is 17.4 Å². The first kappa shape index (κ1) is 12.4. The first-order valence-corrected chi connectivity index (χ1v) is 7.09. The molecule has 3 nitrogen and oxygen atoms in total. The quantitative estimate of drug-likeness (QED) is 0.745. The largest absolute Gasteiger partial charge is 0.367 e. The van der Waals surface area contributed by atoms with Gasteiger partial charge in [-0.15, -0.1) is 11.3 Å². The molecule has 0 aliphatic heterocycles. The summed E-state index contributed by atoms with van der Waals surface area (Å²) in [6.45, 7) is 0. The lowest BCUT2D eigenvalue weighted by atomic mass is 10.1. The molecule has 0 atom stereocenters. The third-order valence-corrected chi connectivity index (χ3v) is 4.23. The molecule has 0 radical (unpaired) electrons. The number of benzene rings is 1. The number of hydrogen-bond donors (Lipinski definition) is 1. The highest BCUT2D eigenvalue weighted by Gasteiger charge is 2.22. The minimum atomic E-state index is -0.375. The molecule has 96 valence electrons. The molecule has 0 aliphatic rings. The predicted molar refractivity (Wildman–Crippen MR) is 77.3 cm³/mol. The Labute approximate surface area is 121 Å². The highest BCUT2D eigenvalue weighted by molar-refractivity contribution is 9.10. The summed E-state index contributed by atoms with van der Waals surface area (Å²) < 4.78 is 19.7. The summed E-state index contributed by atoms with van der Waals surface area (Å²) in [5.74, 6) is -0.187. The Bertz CT molecular complexity index is 704. The van der Waals surface area contributed by atoms with Crippen molar-refractivity contribution in [1.82, 2.24) is 5.16 Å². The second kappa shape index (κ2) is 4.79. The van der Waals surface area contributed by atoms with Crippen molar-refractivity contribution in [3.05, 3.63) is 46.0 Å². The summed E-state index contributed by atoms with van der Waals surface area (Å²) in [6.07, 6.45) is 0. The van der Waals surface area contributed by atoms with Crippen molar-refractivity contribution in [2.75, 3.05) is 5.73 Å². The van der Waals surface area contributed by atoms with Crippen LogP contribution in [0.25, 0.3) is 21.7 Å². The summed E-state index contributed by atoms with van der Waals surface area (Å²) in [4.78, 5) is 0.893. The van der Waals surface area contributed by atoms with Crippen molar-refractivity contribution in [2.45, 2.75) is 0 Å². The van der Waals surface area contributed by atoms with Gasteiger partial charge in [0.05, 0.1) is 11.1 Å². The van der Waals surface area contributed by atoms with E-state index in [2.05, 4.69) is 21.1 Å². The van der Waals surface area contributed by atoms with Gasteiger partial charge in [-0.3, -0.25) is 0 Å². The molecular weight excluding hydrogens is 331 g/mol. The smallest absolute Gasteiger partial charge is 0.231 e. The molecule has 3 aromatic rings. The summed E-state index contributed by atoms with van der Waals surface area (Å²) in [5, 5.41) is 5.82. The van der Waals surface area contributed by atoms with Crippen LogP contribution in [0, 0.1) is 5.82 Å². The predicted octanol–water partition coefficient (Wildman–Crippen LogP) is 4.55. The standard InChI is InChI=1S/C13H8BrFN2OS/c14-7-3-1-4-8(15)10(7)12-11(13(16)18-17-12)9-5-2-6-19-9/h1-6H,16H2. The average Bonchev–Trinajstić information content (AvgIpc) is 2.99. The van der Waals surface area contributed by atoms with Crippen LogP contribution in [-0.4, -0.2) is 5.16 Å². The molecule has 0 saturated carbocycles. The van der Waals surface area contributed by atoms with Gasteiger partial charge in [-0.1, -0.05) is 17.3 Å². The molecule has 3 rings (SSSR count). The minimum absolute atomic E-state index is 0.188. The molecule has 0 spiro atoms. The summed E-state index contributed by atoms with van der Waals surface area (Å²) >= 11 is 4.83. The lowest BCUT2D eigenvalue weighted by molar-refractivity contribution is 0.439. The van der Waals surface area contributed by atoms with Crippen LogP contribution in [0.2, 0.25) is 0 Å². The topological polar surface area (TPSA) is 52.0 Å². The fourth-order valence-corrected chi connectivity index (χ4v) is 3.16. The van der Waals surface area contributed by atoms with Gasteiger partial charge in [0.25, 0.3) is 0 Å². The lowest BCUT2D eigenvalue weighted by Crippen LogP contribution is -1.89. The molecule has 0 bridgehead atoms. The molecule has 2 heterocycles. The fourth-order valence-electron chi connectivity index (χ4n) is 1.86. The first-order chi connectivity index (χ1) is 9.18. The normalized spacial score (nSPS) is 10.8. The van der Waals surface area contributed by atoms with E-state index >= 15 is 0 Å². The second-order valence-electron chi connectivity index (χ2n) is 3.84. The molecule has 0 unspecified atom stereocenters.